The van der Waals surface area contributed by atoms with Gasteiger partial charge in [-0.25, -0.2) is 0 Å². The van der Waals surface area contributed by atoms with Crippen molar-refractivity contribution in [1.29, 1.82) is 0 Å². The van der Waals surface area contributed by atoms with E-state index >= 15 is 0 Å². The molecule has 0 atom stereocenters. The molecule has 1 nitrogen and oxygen atoms in total. The molecule has 2 aromatic rings. The van der Waals surface area contributed by atoms with E-state index in [1.807, 2.05) is 6.07 Å². The average Bonchev–Trinajstić information content (AvgIpc) is 2.52. The summed E-state index contributed by atoms with van der Waals surface area (Å²) in [4.78, 5) is 0. The molecule has 2 aromatic carbocycles. The quantitative estimate of drug-likeness (QED) is 0.584. The first kappa shape index (κ1) is 14.8. The van der Waals surface area contributed by atoms with Crippen molar-refractivity contribution in [2.75, 3.05) is 13.7 Å². The van der Waals surface area contributed by atoms with Gasteiger partial charge in [0.2, 0.25) is 0 Å². The topological polar surface area (TPSA) is 9.23 Å². The third-order valence-corrected chi connectivity index (χ3v) is 4.86. The van der Waals surface area contributed by atoms with Gasteiger partial charge in [0.05, 0.1) is 0 Å². The molecule has 2 rings (SSSR count). The van der Waals surface area contributed by atoms with Gasteiger partial charge in [0.1, 0.15) is 0 Å². The minimum atomic E-state index is 0.311. The van der Waals surface area contributed by atoms with Crippen LogP contribution >= 0.6 is 0 Å². The van der Waals surface area contributed by atoms with Gasteiger partial charge in [-0.3, -0.25) is 0 Å². The zero-order chi connectivity index (χ0) is 14.0. The van der Waals surface area contributed by atoms with E-state index in [2.05, 4.69) is 72.8 Å². The molecule has 0 aliphatic rings. The van der Waals surface area contributed by atoms with Crippen molar-refractivity contribution < 1.29 is 4.74 Å². The van der Waals surface area contributed by atoms with Crippen LogP contribution in [0.5, 0.6) is 0 Å². The van der Waals surface area contributed by atoms with Crippen molar-refractivity contribution in [2.24, 2.45) is 0 Å². The van der Waals surface area contributed by atoms with Crippen molar-refractivity contribution in [3.63, 3.8) is 0 Å². The Bertz CT molecular complexity index is 558. The van der Waals surface area contributed by atoms with Gasteiger partial charge in [0.15, 0.2) is 0 Å². The molecule has 0 N–H and O–H groups in total. The Morgan fingerprint density at radius 1 is 1.00 bits per heavy atom. The molecular weight excluding hydrogens is 311 g/mol. The van der Waals surface area contributed by atoms with Gasteiger partial charge in [0.25, 0.3) is 0 Å². The molecule has 2 heteroatoms. The number of benzene rings is 2. The van der Waals surface area contributed by atoms with Crippen LogP contribution in [0.4, 0.5) is 0 Å². The molecule has 0 spiro atoms. The number of ether oxygens (including phenoxy) is 1. The summed E-state index contributed by atoms with van der Waals surface area (Å²) < 4.78 is 7.86. The molecule has 20 heavy (non-hydrogen) atoms. The van der Waals surface area contributed by atoms with Crippen LogP contribution in [0.3, 0.4) is 0 Å². The normalized spacial score (nSPS) is 11.9. The number of hydrogen-bond donors (Lipinski definition) is 0. The van der Waals surface area contributed by atoms with Crippen LogP contribution in [0.1, 0.15) is 5.56 Å². The summed E-state index contributed by atoms with van der Waals surface area (Å²) >= 11 is 0.311. The standard InChI is InChI=1S/C18H18OSe/c1-19-15-14-18(20-17-10-6-3-7-11-17)13-12-16-8-4-2-5-9-16/h2-14H,15H2,1H3/b13-12+,18-14-. The number of allylic oxidation sites excluding steroid dienone is 2. The molecule has 102 valence electrons. The van der Waals surface area contributed by atoms with Crippen molar-refractivity contribution in [3.8, 4) is 0 Å². The third kappa shape index (κ3) is 5.18. The van der Waals surface area contributed by atoms with E-state index in [9.17, 15) is 0 Å². The molecule has 0 saturated heterocycles. The fraction of sp³-hybridized carbons (Fsp3) is 0.111. The maximum absolute atomic E-state index is 5.16. The Hall–Kier alpha value is -1.60. The van der Waals surface area contributed by atoms with Crippen molar-refractivity contribution >= 4 is 25.5 Å². The molecule has 0 heterocycles. The van der Waals surface area contributed by atoms with E-state index in [1.165, 1.54) is 14.5 Å². The molecule has 0 aromatic heterocycles. The summed E-state index contributed by atoms with van der Waals surface area (Å²) in [6.07, 6.45) is 6.51. The summed E-state index contributed by atoms with van der Waals surface area (Å²) in [5.41, 5.74) is 1.22. The fourth-order valence-corrected chi connectivity index (χ4v) is 3.47. The minimum absolute atomic E-state index is 0.311. The van der Waals surface area contributed by atoms with Gasteiger partial charge in [0, 0.05) is 0 Å². The van der Waals surface area contributed by atoms with Crippen LogP contribution in [0, 0.1) is 0 Å². The van der Waals surface area contributed by atoms with Crippen LogP contribution in [-0.4, -0.2) is 28.7 Å². The van der Waals surface area contributed by atoms with Gasteiger partial charge in [-0.2, -0.15) is 0 Å². The first-order valence-electron chi connectivity index (χ1n) is 6.53. The molecular formula is C18H18OSe. The predicted octanol–water partition coefficient (Wildman–Crippen LogP) is 3.26. The first-order chi connectivity index (χ1) is 9.88. The summed E-state index contributed by atoms with van der Waals surface area (Å²) in [5, 5.41) is 0. The van der Waals surface area contributed by atoms with Gasteiger partial charge in [-0.15, -0.1) is 0 Å². The van der Waals surface area contributed by atoms with Crippen LogP contribution in [-0.2, 0) is 4.74 Å². The van der Waals surface area contributed by atoms with Crippen molar-refractivity contribution in [3.05, 3.63) is 82.9 Å². The molecule has 0 bridgehead atoms. The van der Waals surface area contributed by atoms with Crippen LogP contribution in [0.2, 0.25) is 0 Å². The monoisotopic (exact) mass is 330 g/mol. The summed E-state index contributed by atoms with van der Waals surface area (Å²) in [5.74, 6) is 0. The Morgan fingerprint density at radius 3 is 2.30 bits per heavy atom. The SMILES string of the molecule is COC/C=C(/C=C/c1ccccc1)[Se]c1ccccc1. The van der Waals surface area contributed by atoms with Gasteiger partial charge in [-0.05, 0) is 0 Å². The summed E-state index contributed by atoms with van der Waals surface area (Å²) in [6, 6.07) is 21.0. The average molecular weight is 329 g/mol. The zero-order valence-corrected chi connectivity index (χ0v) is 13.2. The molecule has 0 amide bonds. The summed E-state index contributed by atoms with van der Waals surface area (Å²) in [7, 11) is 1.73. The Labute approximate surface area is 127 Å². The number of methoxy groups -OCH3 is 1. The van der Waals surface area contributed by atoms with Crippen molar-refractivity contribution in [2.45, 2.75) is 0 Å². The first-order valence-corrected chi connectivity index (χ1v) is 8.25. The van der Waals surface area contributed by atoms with Crippen LogP contribution in [0.15, 0.2) is 77.3 Å². The van der Waals surface area contributed by atoms with E-state index in [0.29, 0.717) is 21.6 Å². The van der Waals surface area contributed by atoms with Crippen molar-refractivity contribution in [1.82, 2.24) is 0 Å². The second kappa shape index (κ2) is 8.55. The maximum atomic E-state index is 5.16. The van der Waals surface area contributed by atoms with Crippen LogP contribution < -0.4 is 4.46 Å². The van der Waals surface area contributed by atoms with Gasteiger partial charge in [-0.1, -0.05) is 0 Å². The predicted molar refractivity (Wildman–Crippen MR) is 87.3 cm³/mol. The van der Waals surface area contributed by atoms with E-state index in [-0.39, 0.29) is 0 Å². The Kier molecular flexibility index (Phi) is 6.32. The third-order valence-electron chi connectivity index (χ3n) is 2.67. The Balaban J connectivity index is 2.10. The van der Waals surface area contributed by atoms with E-state index in [4.69, 9.17) is 4.74 Å². The van der Waals surface area contributed by atoms with Gasteiger partial charge < -0.3 is 0 Å². The second-order valence-corrected chi connectivity index (χ2v) is 6.63. The molecule has 0 fully saturated rings. The summed E-state index contributed by atoms with van der Waals surface area (Å²) in [6.45, 7) is 0.656. The molecule has 0 radical (unpaired) electrons. The molecule has 0 saturated carbocycles. The number of hydrogen-bond acceptors (Lipinski definition) is 1. The second-order valence-electron chi connectivity index (χ2n) is 4.22. The van der Waals surface area contributed by atoms with E-state index in [1.54, 1.807) is 7.11 Å². The van der Waals surface area contributed by atoms with E-state index in [0.717, 1.165) is 0 Å². The van der Waals surface area contributed by atoms with Crippen LogP contribution in [0.25, 0.3) is 6.08 Å². The molecule has 0 aliphatic heterocycles. The molecule has 0 unspecified atom stereocenters. The Morgan fingerprint density at radius 2 is 1.65 bits per heavy atom. The molecule has 0 aliphatic carbocycles. The number of rotatable bonds is 6. The zero-order valence-electron chi connectivity index (χ0n) is 11.5. The van der Waals surface area contributed by atoms with E-state index < -0.39 is 0 Å². The fourth-order valence-electron chi connectivity index (χ4n) is 1.68. The van der Waals surface area contributed by atoms with Gasteiger partial charge >= 0.3 is 127 Å².